The second-order valence-corrected chi connectivity index (χ2v) is 8.71. The van der Waals surface area contributed by atoms with Crippen LogP contribution in [0.1, 0.15) is 44.1 Å². The van der Waals surface area contributed by atoms with Crippen molar-refractivity contribution in [3.8, 4) is 5.75 Å². The molecule has 3 atom stereocenters. The zero-order valence-electron chi connectivity index (χ0n) is 17.8. The number of fused-ring (bicyclic) bond motifs is 2. The van der Waals surface area contributed by atoms with E-state index in [4.69, 9.17) is 9.47 Å². The van der Waals surface area contributed by atoms with Crippen molar-refractivity contribution in [1.29, 1.82) is 0 Å². The van der Waals surface area contributed by atoms with Gasteiger partial charge in [-0.25, -0.2) is 0 Å². The van der Waals surface area contributed by atoms with E-state index in [1.807, 2.05) is 17.0 Å². The van der Waals surface area contributed by atoms with Gasteiger partial charge in [0.05, 0.1) is 25.7 Å². The largest absolute Gasteiger partial charge is 0.496 e. The smallest absolute Gasteiger partial charge is 0.241 e. The van der Waals surface area contributed by atoms with E-state index in [2.05, 4.69) is 0 Å². The molecule has 0 unspecified atom stereocenters. The number of carbonyl (C=O) groups excluding carboxylic acids is 3. The molecule has 0 N–H and O–H groups in total. The summed E-state index contributed by atoms with van der Waals surface area (Å²) in [5.74, 6) is 0.458. The lowest BCUT2D eigenvalue weighted by Crippen LogP contribution is -2.45. The van der Waals surface area contributed by atoms with Crippen molar-refractivity contribution in [2.24, 2.45) is 5.92 Å². The fraction of sp³-hybridized carbons (Fsp3) is 0.609. The molecule has 3 fully saturated rings. The van der Waals surface area contributed by atoms with Gasteiger partial charge in [0.15, 0.2) is 0 Å². The molecule has 7 heteroatoms. The summed E-state index contributed by atoms with van der Waals surface area (Å²) >= 11 is 0. The van der Waals surface area contributed by atoms with Gasteiger partial charge in [0.25, 0.3) is 0 Å². The first-order valence-corrected chi connectivity index (χ1v) is 10.8. The first-order chi connectivity index (χ1) is 14.5. The number of hydrogen-bond donors (Lipinski definition) is 0. The number of nitrogens with zero attached hydrogens (tertiary/aromatic N) is 2. The molecule has 30 heavy (non-hydrogen) atoms. The van der Waals surface area contributed by atoms with Gasteiger partial charge in [-0.2, -0.15) is 0 Å². The average Bonchev–Trinajstić information content (AvgIpc) is 3.18. The maximum Gasteiger partial charge on any atom is 0.241 e. The Hall–Kier alpha value is -2.41. The Kier molecular flexibility index (Phi) is 5.82. The lowest BCUT2D eigenvalue weighted by molar-refractivity contribution is -0.143. The molecule has 1 aromatic rings. The zero-order chi connectivity index (χ0) is 21.3. The summed E-state index contributed by atoms with van der Waals surface area (Å²) in [6.45, 7) is 1.22. The number of benzene rings is 1. The fourth-order valence-corrected chi connectivity index (χ4v) is 5.50. The molecule has 3 aliphatic rings. The first-order valence-electron chi connectivity index (χ1n) is 10.8. The van der Waals surface area contributed by atoms with E-state index >= 15 is 0 Å². The summed E-state index contributed by atoms with van der Waals surface area (Å²) < 4.78 is 10.6. The lowest BCUT2D eigenvalue weighted by atomic mass is 9.75. The van der Waals surface area contributed by atoms with Crippen molar-refractivity contribution in [3.05, 3.63) is 29.8 Å². The summed E-state index contributed by atoms with van der Waals surface area (Å²) in [5.41, 5.74) is -0.619. The Labute approximate surface area is 177 Å². The summed E-state index contributed by atoms with van der Waals surface area (Å²) in [5, 5.41) is 0. The van der Waals surface area contributed by atoms with Gasteiger partial charge in [-0.05, 0) is 31.2 Å². The van der Waals surface area contributed by atoms with Crippen molar-refractivity contribution in [2.45, 2.75) is 50.0 Å². The number of hydrogen-bond acceptors (Lipinski definition) is 5. The number of likely N-dealkylation sites (tertiary alicyclic amines) is 2. The Bertz CT molecular complexity index is 841. The molecule has 4 rings (SSSR count). The topological polar surface area (TPSA) is 76.2 Å². The minimum atomic E-state index is -1.23. The first kappa shape index (κ1) is 20.8. The van der Waals surface area contributed by atoms with E-state index in [0.29, 0.717) is 17.2 Å². The minimum absolute atomic E-state index is 0.00928. The summed E-state index contributed by atoms with van der Waals surface area (Å²) in [6.07, 6.45) is 4.37. The van der Waals surface area contributed by atoms with Crippen LogP contribution in [0, 0.1) is 5.92 Å². The molecular formula is C23H30N2O5. The van der Waals surface area contributed by atoms with Gasteiger partial charge in [0.2, 0.25) is 17.7 Å². The molecule has 0 spiro atoms. The predicted octanol–water partition coefficient (Wildman–Crippen LogP) is 2.13. The van der Waals surface area contributed by atoms with Gasteiger partial charge in [-0.1, -0.05) is 24.6 Å². The Morgan fingerprint density at radius 3 is 2.73 bits per heavy atom. The Morgan fingerprint density at radius 1 is 1.20 bits per heavy atom. The number of imide groups is 1. The molecule has 2 saturated heterocycles. The van der Waals surface area contributed by atoms with Crippen molar-refractivity contribution >= 4 is 17.7 Å². The fourth-order valence-electron chi connectivity index (χ4n) is 5.50. The van der Waals surface area contributed by atoms with Crippen LogP contribution in [0.15, 0.2) is 24.3 Å². The standard InChI is InChI=1S/C23H30N2O5/c1-29-11-10-24-20(26)13-23(22(24)28,18-8-3-4-9-19(18)30-2)14-21(27)25-15-16-6-5-7-17(25)12-16/h3-4,8-9,16-17H,5-7,10-15H2,1-2H3/t16-,17+,23+/m0/s1. The van der Waals surface area contributed by atoms with E-state index in [9.17, 15) is 14.4 Å². The maximum absolute atomic E-state index is 13.6. The molecule has 2 aliphatic heterocycles. The minimum Gasteiger partial charge on any atom is -0.496 e. The van der Waals surface area contributed by atoms with E-state index in [1.54, 1.807) is 19.2 Å². The molecule has 162 valence electrons. The van der Waals surface area contributed by atoms with Crippen LogP contribution in [-0.4, -0.2) is 67.5 Å². The number of carbonyl (C=O) groups is 3. The molecule has 1 saturated carbocycles. The van der Waals surface area contributed by atoms with Gasteiger partial charge in [-0.15, -0.1) is 0 Å². The van der Waals surface area contributed by atoms with Crippen molar-refractivity contribution < 1.29 is 23.9 Å². The number of methoxy groups -OCH3 is 2. The molecule has 0 radical (unpaired) electrons. The Balaban J connectivity index is 1.69. The molecule has 1 aromatic carbocycles. The highest BCUT2D eigenvalue weighted by molar-refractivity contribution is 6.11. The van der Waals surface area contributed by atoms with Gasteiger partial charge in [-0.3, -0.25) is 19.3 Å². The summed E-state index contributed by atoms with van der Waals surface area (Å²) in [4.78, 5) is 43.1. The van der Waals surface area contributed by atoms with Gasteiger partial charge in [0.1, 0.15) is 5.75 Å². The van der Waals surface area contributed by atoms with Crippen LogP contribution in [0.25, 0.3) is 0 Å². The summed E-state index contributed by atoms with van der Waals surface area (Å²) in [6, 6.07) is 7.50. The van der Waals surface area contributed by atoms with Crippen molar-refractivity contribution in [1.82, 2.24) is 9.80 Å². The molecular weight excluding hydrogens is 384 g/mol. The van der Waals surface area contributed by atoms with Gasteiger partial charge >= 0.3 is 0 Å². The second-order valence-electron chi connectivity index (χ2n) is 8.71. The van der Waals surface area contributed by atoms with E-state index in [0.717, 1.165) is 25.8 Å². The highest BCUT2D eigenvalue weighted by Gasteiger charge is 2.55. The predicted molar refractivity (Wildman–Crippen MR) is 110 cm³/mol. The van der Waals surface area contributed by atoms with Crippen LogP contribution in [0.4, 0.5) is 0 Å². The van der Waals surface area contributed by atoms with Crippen LogP contribution in [0.5, 0.6) is 5.75 Å². The average molecular weight is 415 g/mol. The van der Waals surface area contributed by atoms with Crippen LogP contribution < -0.4 is 4.74 Å². The zero-order valence-corrected chi connectivity index (χ0v) is 17.8. The van der Waals surface area contributed by atoms with Crippen molar-refractivity contribution in [3.63, 3.8) is 0 Å². The Morgan fingerprint density at radius 2 is 2.00 bits per heavy atom. The highest BCUT2D eigenvalue weighted by atomic mass is 16.5. The van der Waals surface area contributed by atoms with E-state index in [-0.39, 0.29) is 49.8 Å². The quantitative estimate of drug-likeness (QED) is 0.639. The van der Waals surface area contributed by atoms with E-state index < -0.39 is 5.41 Å². The number of para-hydroxylation sites is 1. The highest BCUT2D eigenvalue weighted by Crippen LogP contribution is 2.45. The van der Waals surface area contributed by atoms with Crippen LogP contribution in [-0.2, 0) is 24.5 Å². The van der Waals surface area contributed by atoms with Crippen molar-refractivity contribution in [2.75, 3.05) is 33.9 Å². The van der Waals surface area contributed by atoms with Gasteiger partial charge < -0.3 is 14.4 Å². The monoisotopic (exact) mass is 414 g/mol. The van der Waals surface area contributed by atoms with Crippen LogP contribution >= 0.6 is 0 Å². The molecule has 1 aliphatic carbocycles. The SMILES string of the molecule is COCCN1C(=O)C[C@@](CC(=O)N2C[C@H]3CCC[C@@H]2C3)(c2ccccc2OC)C1=O. The second kappa shape index (κ2) is 8.38. The third-order valence-corrected chi connectivity index (χ3v) is 6.97. The molecule has 0 aromatic heterocycles. The van der Waals surface area contributed by atoms with Gasteiger partial charge in [0, 0.05) is 38.1 Å². The molecule has 3 amide bonds. The molecule has 2 bridgehead atoms. The third-order valence-electron chi connectivity index (χ3n) is 6.97. The van der Waals surface area contributed by atoms with Crippen LogP contribution in [0.3, 0.4) is 0 Å². The normalized spacial score (nSPS) is 28.3. The molecule has 7 nitrogen and oxygen atoms in total. The lowest BCUT2D eigenvalue weighted by Gasteiger charge is -2.32. The maximum atomic E-state index is 13.6. The van der Waals surface area contributed by atoms with E-state index in [1.165, 1.54) is 18.4 Å². The third kappa shape index (κ3) is 3.49. The molecule has 2 heterocycles. The number of ether oxygens (including phenoxy) is 2. The number of rotatable bonds is 7. The number of amides is 3. The summed E-state index contributed by atoms with van der Waals surface area (Å²) in [7, 11) is 3.08. The van der Waals surface area contributed by atoms with Crippen LogP contribution in [0.2, 0.25) is 0 Å².